The molecule has 4 atom stereocenters. The largest absolute Gasteiger partial charge is 0.404 e. The number of hydrogen-bond acceptors (Lipinski definition) is 4. The summed E-state index contributed by atoms with van der Waals surface area (Å²) in [5.74, 6) is 2.01. The van der Waals surface area contributed by atoms with Gasteiger partial charge >= 0.3 is 5.82 Å². The molecule has 0 unspecified atom stereocenters. The quantitative estimate of drug-likeness (QED) is 0.532. The van der Waals surface area contributed by atoms with Gasteiger partial charge in [0.25, 0.3) is 5.91 Å². The third-order valence-electron chi connectivity index (χ3n) is 6.23. The zero-order valence-corrected chi connectivity index (χ0v) is 17.3. The van der Waals surface area contributed by atoms with Crippen LogP contribution < -0.4 is 5.32 Å². The van der Waals surface area contributed by atoms with E-state index in [4.69, 9.17) is 0 Å². The van der Waals surface area contributed by atoms with E-state index >= 15 is 0 Å². The van der Waals surface area contributed by atoms with Gasteiger partial charge in [-0.2, -0.15) is 4.68 Å². The van der Waals surface area contributed by atoms with Gasteiger partial charge in [0.1, 0.15) is 4.47 Å². The fourth-order valence-corrected chi connectivity index (χ4v) is 5.30. The van der Waals surface area contributed by atoms with E-state index < -0.39 is 4.92 Å². The first-order chi connectivity index (χ1) is 13.4. The van der Waals surface area contributed by atoms with Crippen LogP contribution in [0.3, 0.4) is 0 Å². The third-order valence-corrected chi connectivity index (χ3v) is 6.79. The van der Waals surface area contributed by atoms with Crippen LogP contribution in [0.25, 0.3) is 0 Å². The fourth-order valence-electron chi connectivity index (χ4n) is 4.84. The van der Waals surface area contributed by atoms with E-state index in [1.54, 1.807) is 18.3 Å². The molecule has 7 nitrogen and oxygen atoms in total. The second kappa shape index (κ2) is 7.66. The molecule has 8 heteroatoms. The average molecular weight is 447 g/mol. The van der Waals surface area contributed by atoms with Crippen LogP contribution in [0, 0.1) is 27.9 Å². The molecule has 0 spiro atoms. The van der Waals surface area contributed by atoms with Gasteiger partial charge in [0.15, 0.2) is 0 Å². The number of nitro groups is 1. The zero-order valence-electron chi connectivity index (χ0n) is 15.7. The van der Waals surface area contributed by atoms with Crippen LogP contribution in [0.5, 0.6) is 0 Å². The molecule has 1 aromatic heterocycles. The van der Waals surface area contributed by atoms with Crippen molar-refractivity contribution < 1.29 is 9.72 Å². The van der Waals surface area contributed by atoms with Gasteiger partial charge in [-0.15, -0.1) is 0 Å². The van der Waals surface area contributed by atoms with E-state index in [1.807, 2.05) is 12.1 Å². The van der Waals surface area contributed by atoms with Crippen molar-refractivity contribution in [1.82, 2.24) is 15.1 Å². The predicted molar refractivity (Wildman–Crippen MR) is 108 cm³/mol. The standard InChI is InChI=1S/C20H23BrN4O3/c1-12(17-9-14-4-7-16(17)8-14)22-20(26)15-5-2-13(3-6-15)10-24-11-18(21)19(23-24)25(27)28/h2-3,5-6,11-12,14,16-17H,4,7-10H2,1H3,(H,22,26)/t12-,14+,16+,17+/m1/s1. The molecule has 1 N–H and O–H groups in total. The summed E-state index contributed by atoms with van der Waals surface area (Å²) >= 11 is 3.15. The topological polar surface area (TPSA) is 90.1 Å². The Morgan fingerprint density at radius 1 is 1.36 bits per heavy atom. The number of fused-ring (bicyclic) bond motifs is 2. The number of nitrogens with one attached hydrogen (secondary N) is 1. The van der Waals surface area contributed by atoms with E-state index in [-0.39, 0.29) is 17.8 Å². The molecule has 148 valence electrons. The Morgan fingerprint density at radius 3 is 2.68 bits per heavy atom. The minimum atomic E-state index is -0.522. The molecule has 2 aliphatic rings. The number of aromatic nitrogens is 2. The molecule has 2 saturated carbocycles. The van der Waals surface area contributed by atoms with Crippen LogP contribution in [-0.4, -0.2) is 26.7 Å². The first kappa shape index (κ1) is 19.1. The molecule has 0 radical (unpaired) electrons. The minimum Gasteiger partial charge on any atom is -0.358 e. The zero-order chi connectivity index (χ0) is 19.8. The summed E-state index contributed by atoms with van der Waals surface area (Å²) in [5.41, 5.74) is 1.55. The number of carbonyl (C=O) groups excluding carboxylic acids is 1. The highest BCUT2D eigenvalue weighted by atomic mass is 79.9. The molecule has 2 aromatic rings. The van der Waals surface area contributed by atoms with Gasteiger partial charge in [0, 0.05) is 11.6 Å². The lowest BCUT2D eigenvalue weighted by molar-refractivity contribution is -0.390. The summed E-state index contributed by atoms with van der Waals surface area (Å²) in [5, 5.41) is 18.0. The smallest absolute Gasteiger partial charge is 0.358 e. The Balaban J connectivity index is 1.36. The van der Waals surface area contributed by atoms with Crippen LogP contribution in [-0.2, 0) is 6.54 Å². The van der Waals surface area contributed by atoms with E-state index in [0.717, 1.165) is 17.4 Å². The maximum atomic E-state index is 12.6. The summed E-state index contributed by atoms with van der Waals surface area (Å²) in [6, 6.07) is 7.51. The number of carbonyl (C=O) groups is 1. The summed E-state index contributed by atoms with van der Waals surface area (Å²) in [7, 11) is 0. The first-order valence-corrected chi connectivity index (χ1v) is 10.5. The second-order valence-corrected chi connectivity index (χ2v) is 8.91. The van der Waals surface area contributed by atoms with Crippen LogP contribution in [0.15, 0.2) is 34.9 Å². The van der Waals surface area contributed by atoms with Crippen molar-refractivity contribution in [3.63, 3.8) is 0 Å². The molecule has 1 amide bonds. The SMILES string of the molecule is C[C@@H](NC(=O)c1ccc(Cn2cc(Br)c([N+](=O)[O-])n2)cc1)[C@@H]1C[C@H]2CC[C@H]1C2. The van der Waals surface area contributed by atoms with E-state index in [0.29, 0.717) is 22.5 Å². The van der Waals surface area contributed by atoms with Crippen LogP contribution in [0.4, 0.5) is 5.82 Å². The van der Waals surface area contributed by atoms with Gasteiger partial charge in [-0.25, -0.2) is 0 Å². The van der Waals surface area contributed by atoms with Crippen molar-refractivity contribution >= 4 is 27.7 Å². The van der Waals surface area contributed by atoms with Gasteiger partial charge in [-0.3, -0.25) is 4.79 Å². The molecule has 2 aliphatic carbocycles. The Kier molecular flexibility index (Phi) is 5.23. The van der Waals surface area contributed by atoms with Crippen molar-refractivity contribution in [1.29, 1.82) is 0 Å². The molecular weight excluding hydrogens is 424 g/mol. The van der Waals surface area contributed by atoms with Crippen molar-refractivity contribution in [2.45, 2.75) is 45.2 Å². The highest BCUT2D eigenvalue weighted by Crippen LogP contribution is 2.49. The Labute approximate surface area is 171 Å². The molecular formula is C20H23BrN4O3. The molecule has 1 aromatic carbocycles. The van der Waals surface area contributed by atoms with Gasteiger partial charge in [-0.05, 0) is 82.5 Å². The van der Waals surface area contributed by atoms with Gasteiger partial charge in [0.2, 0.25) is 0 Å². The van der Waals surface area contributed by atoms with Gasteiger partial charge in [0.05, 0.1) is 17.8 Å². The molecule has 0 aliphatic heterocycles. The summed E-state index contributed by atoms with van der Waals surface area (Å²) in [6.07, 6.45) is 6.83. The number of benzene rings is 1. The average Bonchev–Trinajstić information content (AvgIpc) is 3.38. The summed E-state index contributed by atoms with van der Waals surface area (Å²) in [6.45, 7) is 2.52. The van der Waals surface area contributed by atoms with Crippen LogP contribution >= 0.6 is 15.9 Å². The third kappa shape index (κ3) is 3.83. The predicted octanol–water partition coefficient (Wildman–Crippen LogP) is 4.16. The maximum absolute atomic E-state index is 12.6. The van der Waals surface area contributed by atoms with Crippen molar-refractivity contribution in [2.75, 3.05) is 0 Å². The Bertz CT molecular complexity index is 895. The minimum absolute atomic E-state index is 0.0423. The Morgan fingerprint density at radius 2 is 2.11 bits per heavy atom. The van der Waals surface area contributed by atoms with Gasteiger partial charge in [-0.1, -0.05) is 18.6 Å². The lowest BCUT2D eigenvalue weighted by Gasteiger charge is -2.28. The monoisotopic (exact) mass is 446 g/mol. The van der Waals surface area contributed by atoms with E-state index in [1.165, 1.54) is 30.4 Å². The Hall–Kier alpha value is -2.22. The summed E-state index contributed by atoms with van der Waals surface area (Å²) in [4.78, 5) is 23.0. The highest BCUT2D eigenvalue weighted by Gasteiger charge is 2.42. The van der Waals surface area contributed by atoms with Crippen molar-refractivity contribution in [3.05, 3.63) is 56.2 Å². The highest BCUT2D eigenvalue weighted by molar-refractivity contribution is 9.10. The lowest BCUT2D eigenvalue weighted by atomic mass is 9.84. The van der Waals surface area contributed by atoms with Gasteiger partial charge < -0.3 is 15.4 Å². The van der Waals surface area contributed by atoms with Crippen LogP contribution in [0.1, 0.15) is 48.5 Å². The normalized spacial score (nSPS) is 24.3. The maximum Gasteiger partial charge on any atom is 0.404 e. The molecule has 1 heterocycles. The summed E-state index contributed by atoms with van der Waals surface area (Å²) < 4.78 is 1.86. The molecule has 2 bridgehead atoms. The number of halogens is 1. The van der Waals surface area contributed by atoms with Crippen LogP contribution in [0.2, 0.25) is 0 Å². The first-order valence-electron chi connectivity index (χ1n) is 9.68. The van der Waals surface area contributed by atoms with E-state index in [2.05, 4.69) is 33.3 Å². The molecule has 0 saturated heterocycles. The number of hydrogen-bond donors (Lipinski definition) is 1. The lowest BCUT2D eigenvalue weighted by Crippen LogP contribution is -2.40. The molecule has 4 rings (SSSR count). The number of rotatable bonds is 6. The molecule has 28 heavy (non-hydrogen) atoms. The fraction of sp³-hybridized carbons (Fsp3) is 0.500. The van der Waals surface area contributed by atoms with Crippen molar-refractivity contribution in [3.8, 4) is 0 Å². The number of amides is 1. The van der Waals surface area contributed by atoms with Crippen molar-refractivity contribution in [2.24, 2.45) is 17.8 Å². The number of nitrogens with zero attached hydrogens (tertiary/aromatic N) is 3. The molecule has 2 fully saturated rings. The second-order valence-electron chi connectivity index (χ2n) is 8.05. The van der Waals surface area contributed by atoms with E-state index in [9.17, 15) is 14.9 Å².